The van der Waals surface area contributed by atoms with Gasteiger partial charge in [-0.3, -0.25) is 9.59 Å². The van der Waals surface area contributed by atoms with Crippen LogP contribution in [-0.2, 0) is 14.4 Å². The SMILES string of the molecule is C[C@@H](NC(=O)C(F)(F)CO)[C@H]1C(=O)N2C(C(=O)O)=C(S)[C@H](C)[C@H]12. The highest BCUT2D eigenvalue weighted by Gasteiger charge is 2.60. The van der Waals surface area contributed by atoms with Crippen molar-refractivity contribution in [3.05, 3.63) is 10.6 Å². The molecule has 128 valence electrons. The predicted octanol–water partition coefficient (Wildman–Crippen LogP) is -0.179. The van der Waals surface area contributed by atoms with E-state index in [9.17, 15) is 23.2 Å². The van der Waals surface area contributed by atoms with Gasteiger partial charge in [-0.1, -0.05) is 6.92 Å². The first-order valence-electron chi connectivity index (χ1n) is 6.83. The summed E-state index contributed by atoms with van der Waals surface area (Å²) >= 11 is 4.13. The molecule has 23 heavy (non-hydrogen) atoms. The van der Waals surface area contributed by atoms with Crippen LogP contribution in [0.15, 0.2) is 10.6 Å². The van der Waals surface area contributed by atoms with Crippen molar-refractivity contribution < 1.29 is 33.4 Å². The molecule has 0 aromatic heterocycles. The van der Waals surface area contributed by atoms with Gasteiger partial charge in [-0.25, -0.2) is 4.79 Å². The number of carbonyl (C=O) groups is 3. The minimum Gasteiger partial charge on any atom is -0.477 e. The van der Waals surface area contributed by atoms with E-state index < -0.39 is 48.3 Å². The van der Waals surface area contributed by atoms with Crippen LogP contribution >= 0.6 is 12.6 Å². The van der Waals surface area contributed by atoms with Gasteiger partial charge in [-0.2, -0.15) is 8.78 Å². The Morgan fingerprint density at radius 2 is 2.04 bits per heavy atom. The number of rotatable bonds is 5. The summed E-state index contributed by atoms with van der Waals surface area (Å²) in [7, 11) is 0. The van der Waals surface area contributed by atoms with Crippen LogP contribution in [0, 0.1) is 11.8 Å². The zero-order valence-electron chi connectivity index (χ0n) is 12.3. The number of fused-ring (bicyclic) bond motifs is 1. The monoisotopic (exact) mass is 350 g/mol. The molecule has 0 aromatic carbocycles. The molecule has 2 heterocycles. The maximum Gasteiger partial charge on any atom is 0.353 e. The van der Waals surface area contributed by atoms with Crippen LogP contribution in [0.4, 0.5) is 8.78 Å². The lowest BCUT2D eigenvalue weighted by atomic mass is 9.78. The smallest absolute Gasteiger partial charge is 0.353 e. The first-order chi connectivity index (χ1) is 10.5. The van der Waals surface area contributed by atoms with Gasteiger partial charge in [-0.05, 0) is 6.92 Å². The first-order valence-corrected chi connectivity index (χ1v) is 7.28. The number of carbonyl (C=O) groups excluding carboxylic acids is 2. The summed E-state index contributed by atoms with van der Waals surface area (Å²) in [6.45, 7) is 1.42. The molecule has 0 radical (unpaired) electrons. The molecule has 0 saturated carbocycles. The lowest BCUT2D eigenvalue weighted by molar-refractivity contribution is -0.161. The van der Waals surface area contributed by atoms with Gasteiger partial charge in [-0.15, -0.1) is 12.6 Å². The maximum atomic E-state index is 13.1. The third kappa shape index (κ3) is 2.59. The Morgan fingerprint density at radius 1 is 1.48 bits per heavy atom. The zero-order valence-corrected chi connectivity index (χ0v) is 13.2. The van der Waals surface area contributed by atoms with Crippen molar-refractivity contribution in [1.82, 2.24) is 10.2 Å². The Balaban J connectivity index is 2.15. The highest BCUT2D eigenvalue weighted by molar-refractivity contribution is 7.84. The summed E-state index contributed by atoms with van der Waals surface area (Å²) in [5.74, 6) is -8.70. The van der Waals surface area contributed by atoms with Crippen LogP contribution in [0.1, 0.15) is 13.8 Å². The fourth-order valence-corrected chi connectivity index (χ4v) is 3.38. The number of hydrogen-bond donors (Lipinski definition) is 4. The zero-order chi connectivity index (χ0) is 17.7. The highest BCUT2D eigenvalue weighted by atomic mass is 32.1. The number of carboxylic acids is 1. The van der Waals surface area contributed by atoms with Gasteiger partial charge in [0, 0.05) is 16.9 Å². The molecule has 1 fully saturated rings. The number of halogens is 2. The molecule has 2 aliphatic heterocycles. The second-order valence-electron chi connectivity index (χ2n) is 5.68. The highest BCUT2D eigenvalue weighted by Crippen LogP contribution is 2.48. The molecule has 2 amide bonds. The number of alkyl halides is 2. The molecule has 0 aliphatic carbocycles. The summed E-state index contributed by atoms with van der Waals surface area (Å²) in [5, 5.41) is 19.7. The van der Waals surface area contributed by atoms with Crippen molar-refractivity contribution in [1.29, 1.82) is 0 Å². The Morgan fingerprint density at radius 3 is 2.52 bits per heavy atom. The molecule has 2 rings (SSSR count). The number of carboxylic acid groups (broad SMARTS) is 1. The van der Waals surface area contributed by atoms with Gasteiger partial charge >= 0.3 is 11.9 Å². The molecular formula is C13H16F2N2O5S. The van der Waals surface area contributed by atoms with Crippen molar-refractivity contribution in [2.24, 2.45) is 11.8 Å². The van der Waals surface area contributed by atoms with E-state index in [4.69, 9.17) is 10.2 Å². The van der Waals surface area contributed by atoms with Crippen LogP contribution in [0.2, 0.25) is 0 Å². The molecule has 7 nitrogen and oxygen atoms in total. The van der Waals surface area contributed by atoms with E-state index in [2.05, 4.69) is 12.6 Å². The molecule has 0 bridgehead atoms. The Labute approximate surface area is 135 Å². The number of thiol groups is 1. The topological polar surface area (TPSA) is 107 Å². The first kappa shape index (κ1) is 17.7. The Kier molecular flexibility index (Phi) is 4.42. The van der Waals surface area contributed by atoms with Crippen LogP contribution < -0.4 is 5.32 Å². The average molecular weight is 350 g/mol. The summed E-state index contributed by atoms with van der Waals surface area (Å²) < 4.78 is 26.2. The molecule has 4 atom stereocenters. The van der Waals surface area contributed by atoms with Crippen molar-refractivity contribution in [2.45, 2.75) is 31.9 Å². The molecule has 1 saturated heterocycles. The number of nitrogens with one attached hydrogen (secondary N) is 1. The Bertz CT molecular complexity index is 609. The molecule has 0 aromatic rings. The Hall–Kier alpha value is -1.68. The molecule has 0 unspecified atom stereocenters. The summed E-state index contributed by atoms with van der Waals surface area (Å²) in [6.07, 6.45) is 0. The fraction of sp³-hybridized carbons (Fsp3) is 0.615. The third-order valence-electron chi connectivity index (χ3n) is 4.25. The summed E-state index contributed by atoms with van der Waals surface area (Å²) in [6, 6.07) is -1.50. The number of aliphatic hydroxyl groups excluding tert-OH is 1. The van der Waals surface area contributed by atoms with E-state index in [0.717, 1.165) is 4.90 Å². The summed E-state index contributed by atoms with van der Waals surface area (Å²) in [4.78, 5) is 36.1. The maximum absolute atomic E-state index is 13.1. The normalized spacial score (nSPS) is 28.3. The van der Waals surface area contributed by atoms with Crippen molar-refractivity contribution in [2.75, 3.05) is 6.61 Å². The van der Waals surface area contributed by atoms with E-state index >= 15 is 0 Å². The van der Waals surface area contributed by atoms with Crippen LogP contribution in [-0.4, -0.2) is 57.5 Å². The quantitative estimate of drug-likeness (QED) is 0.407. The number of amides is 2. The van der Waals surface area contributed by atoms with Crippen molar-refractivity contribution in [3.63, 3.8) is 0 Å². The van der Waals surface area contributed by atoms with Gasteiger partial charge in [0.25, 0.3) is 5.91 Å². The van der Waals surface area contributed by atoms with E-state index in [1.165, 1.54) is 6.92 Å². The standard InChI is InChI=1S/C13H16F2N2O5S/c1-4-7-6(5(2)16-12(22)13(14,15)3-18)10(19)17(7)8(9(4)23)11(20)21/h4-7,18,23H,3H2,1-2H3,(H,16,22)(H,20,21)/t4-,5-,6-,7-/m1/s1. The second-order valence-corrected chi connectivity index (χ2v) is 6.16. The number of aliphatic hydroxyl groups is 1. The molecule has 3 N–H and O–H groups in total. The van der Waals surface area contributed by atoms with Crippen molar-refractivity contribution >= 4 is 30.4 Å². The minimum absolute atomic E-state index is 0.216. The van der Waals surface area contributed by atoms with Crippen LogP contribution in [0.3, 0.4) is 0 Å². The average Bonchev–Trinajstić information content (AvgIpc) is 2.68. The third-order valence-corrected chi connectivity index (χ3v) is 4.87. The van der Waals surface area contributed by atoms with E-state index in [1.54, 1.807) is 6.92 Å². The van der Waals surface area contributed by atoms with Gasteiger partial charge in [0.2, 0.25) is 5.91 Å². The minimum atomic E-state index is -3.94. The second kappa shape index (κ2) is 5.75. The lowest BCUT2D eigenvalue weighted by Gasteiger charge is -2.47. The van der Waals surface area contributed by atoms with E-state index in [1.807, 2.05) is 5.32 Å². The molecule has 10 heteroatoms. The van der Waals surface area contributed by atoms with E-state index in [0.29, 0.717) is 0 Å². The fourth-order valence-electron chi connectivity index (χ4n) is 3.02. The lowest BCUT2D eigenvalue weighted by Crippen LogP contribution is -2.66. The van der Waals surface area contributed by atoms with Crippen molar-refractivity contribution in [3.8, 4) is 0 Å². The molecule has 2 aliphatic rings. The number of hydrogen-bond acceptors (Lipinski definition) is 5. The molecular weight excluding hydrogens is 334 g/mol. The predicted molar refractivity (Wildman–Crippen MR) is 76.6 cm³/mol. The summed E-state index contributed by atoms with van der Waals surface area (Å²) in [5.41, 5.74) is -0.216. The van der Waals surface area contributed by atoms with Crippen LogP contribution in [0.5, 0.6) is 0 Å². The van der Waals surface area contributed by atoms with Crippen LogP contribution in [0.25, 0.3) is 0 Å². The largest absolute Gasteiger partial charge is 0.477 e. The van der Waals surface area contributed by atoms with E-state index in [-0.39, 0.29) is 16.5 Å². The molecule has 0 spiro atoms. The van der Waals surface area contributed by atoms with Gasteiger partial charge < -0.3 is 20.4 Å². The van der Waals surface area contributed by atoms with Gasteiger partial charge in [0.1, 0.15) is 12.3 Å². The number of nitrogens with zero attached hydrogens (tertiary/aromatic N) is 1. The number of β-lactam (4-membered cyclic amide) rings is 1. The van der Waals surface area contributed by atoms with Gasteiger partial charge in [0.05, 0.1) is 12.0 Å². The van der Waals surface area contributed by atoms with Gasteiger partial charge in [0.15, 0.2) is 0 Å². The number of aliphatic carboxylic acids is 1.